The number of benzene rings is 1. The number of ketones is 1. The molecule has 2 unspecified atom stereocenters. The van der Waals surface area contributed by atoms with Crippen LogP contribution in [-0.2, 0) is 0 Å². The molecular formula is C12H16N2O. The number of nitrogen functional groups attached to an aromatic ring is 1. The molecule has 2 rings (SSSR count). The van der Waals surface area contributed by atoms with Crippen LogP contribution in [0.15, 0.2) is 24.3 Å². The van der Waals surface area contributed by atoms with Crippen LogP contribution in [0, 0.1) is 5.92 Å². The van der Waals surface area contributed by atoms with Gasteiger partial charge in [0, 0.05) is 23.7 Å². The molecule has 15 heavy (non-hydrogen) atoms. The normalized spacial score (nSPS) is 24.6. The second-order valence-corrected chi connectivity index (χ2v) is 4.21. The minimum absolute atomic E-state index is 0.136. The maximum absolute atomic E-state index is 11.9. The molecule has 80 valence electrons. The van der Waals surface area contributed by atoms with Crippen molar-refractivity contribution >= 4 is 11.5 Å². The summed E-state index contributed by atoms with van der Waals surface area (Å²) in [6, 6.07) is 7.58. The topological polar surface area (TPSA) is 55.1 Å². The molecule has 1 aromatic rings. The molecule has 3 N–H and O–H groups in total. The molecule has 3 heteroatoms. The summed E-state index contributed by atoms with van der Waals surface area (Å²) >= 11 is 0. The van der Waals surface area contributed by atoms with E-state index < -0.39 is 0 Å². The molecule has 1 aliphatic heterocycles. The molecule has 1 aromatic carbocycles. The predicted octanol–water partition coefficient (Wildman–Crippen LogP) is 1.45. The number of nitrogens with one attached hydrogen (secondary N) is 1. The van der Waals surface area contributed by atoms with Crippen molar-refractivity contribution in [2.45, 2.75) is 19.4 Å². The van der Waals surface area contributed by atoms with Gasteiger partial charge in [-0.15, -0.1) is 0 Å². The van der Waals surface area contributed by atoms with Crippen molar-refractivity contribution in [1.29, 1.82) is 0 Å². The van der Waals surface area contributed by atoms with Gasteiger partial charge in [0.1, 0.15) is 0 Å². The van der Waals surface area contributed by atoms with Gasteiger partial charge < -0.3 is 11.1 Å². The van der Waals surface area contributed by atoms with Gasteiger partial charge in [-0.25, -0.2) is 0 Å². The van der Waals surface area contributed by atoms with E-state index in [1.807, 2.05) is 12.1 Å². The Morgan fingerprint density at radius 1 is 1.53 bits per heavy atom. The number of nitrogens with two attached hydrogens (primary N) is 1. The average Bonchev–Trinajstić information content (AvgIpc) is 2.24. The van der Waals surface area contributed by atoms with Crippen molar-refractivity contribution in [1.82, 2.24) is 5.32 Å². The van der Waals surface area contributed by atoms with Crippen LogP contribution in [0.3, 0.4) is 0 Å². The molecule has 0 bridgehead atoms. The largest absolute Gasteiger partial charge is 0.398 e. The molecule has 1 heterocycles. The van der Waals surface area contributed by atoms with Crippen molar-refractivity contribution in [2.24, 2.45) is 5.92 Å². The summed E-state index contributed by atoms with van der Waals surface area (Å²) in [4.78, 5) is 11.9. The SMILES string of the molecule is CC1CNC1CC(=O)c1ccccc1N. The zero-order valence-corrected chi connectivity index (χ0v) is 8.86. The monoisotopic (exact) mass is 204 g/mol. The minimum Gasteiger partial charge on any atom is -0.398 e. The minimum atomic E-state index is 0.136. The first kappa shape index (κ1) is 10.2. The van der Waals surface area contributed by atoms with Crippen LogP contribution >= 0.6 is 0 Å². The second kappa shape index (κ2) is 4.03. The quantitative estimate of drug-likeness (QED) is 0.578. The predicted molar refractivity (Wildman–Crippen MR) is 60.8 cm³/mol. The molecule has 1 aliphatic rings. The van der Waals surface area contributed by atoms with E-state index >= 15 is 0 Å². The third kappa shape index (κ3) is 2.02. The highest BCUT2D eigenvalue weighted by Gasteiger charge is 2.28. The second-order valence-electron chi connectivity index (χ2n) is 4.21. The number of Topliss-reactive ketones (excluding diaryl/α,β-unsaturated/α-hetero) is 1. The summed E-state index contributed by atoms with van der Waals surface area (Å²) in [6.45, 7) is 3.17. The Morgan fingerprint density at radius 3 is 2.80 bits per heavy atom. The Kier molecular flexibility index (Phi) is 2.73. The van der Waals surface area contributed by atoms with E-state index in [2.05, 4.69) is 12.2 Å². The maximum atomic E-state index is 11.9. The molecule has 0 aliphatic carbocycles. The molecule has 0 saturated carbocycles. The van der Waals surface area contributed by atoms with Gasteiger partial charge in [0.2, 0.25) is 0 Å². The van der Waals surface area contributed by atoms with Crippen LogP contribution in [-0.4, -0.2) is 18.4 Å². The van der Waals surface area contributed by atoms with Crippen LogP contribution in [0.2, 0.25) is 0 Å². The van der Waals surface area contributed by atoms with Gasteiger partial charge in [0.25, 0.3) is 0 Å². The van der Waals surface area contributed by atoms with Crippen molar-refractivity contribution in [3.63, 3.8) is 0 Å². The highest BCUT2D eigenvalue weighted by atomic mass is 16.1. The Labute approximate surface area is 89.7 Å². The summed E-state index contributed by atoms with van der Waals surface area (Å²) in [5, 5.41) is 3.25. The lowest BCUT2D eigenvalue weighted by Crippen LogP contribution is -2.52. The number of para-hydroxylation sites is 1. The smallest absolute Gasteiger partial charge is 0.166 e. The molecular weight excluding hydrogens is 188 g/mol. The molecule has 2 atom stereocenters. The van der Waals surface area contributed by atoms with Gasteiger partial charge in [0.15, 0.2) is 5.78 Å². The zero-order chi connectivity index (χ0) is 10.8. The Bertz CT molecular complexity index is 376. The summed E-state index contributed by atoms with van der Waals surface area (Å²) in [7, 11) is 0. The van der Waals surface area contributed by atoms with Crippen molar-refractivity contribution in [2.75, 3.05) is 12.3 Å². The first-order chi connectivity index (χ1) is 7.18. The fourth-order valence-electron chi connectivity index (χ4n) is 1.85. The van der Waals surface area contributed by atoms with E-state index in [9.17, 15) is 4.79 Å². The summed E-state index contributed by atoms with van der Waals surface area (Å²) in [5.74, 6) is 0.732. The standard InChI is InChI=1S/C12H16N2O/c1-8-7-14-11(8)6-12(15)9-4-2-3-5-10(9)13/h2-5,8,11,14H,6-7,13H2,1H3. The zero-order valence-electron chi connectivity index (χ0n) is 8.86. The van der Waals surface area contributed by atoms with Gasteiger partial charge in [0.05, 0.1) is 0 Å². The van der Waals surface area contributed by atoms with Crippen LogP contribution in [0.25, 0.3) is 0 Å². The fraction of sp³-hybridized carbons (Fsp3) is 0.417. The summed E-state index contributed by atoms with van der Waals surface area (Å²) < 4.78 is 0. The molecule has 0 aromatic heterocycles. The number of hydrogen-bond acceptors (Lipinski definition) is 3. The van der Waals surface area contributed by atoms with E-state index in [0.717, 1.165) is 6.54 Å². The van der Waals surface area contributed by atoms with Gasteiger partial charge in [-0.2, -0.15) is 0 Å². The van der Waals surface area contributed by atoms with Crippen molar-refractivity contribution in [3.05, 3.63) is 29.8 Å². The van der Waals surface area contributed by atoms with Crippen molar-refractivity contribution in [3.8, 4) is 0 Å². The average molecular weight is 204 g/mol. The van der Waals surface area contributed by atoms with E-state index in [-0.39, 0.29) is 5.78 Å². The highest BCUT2D eigenvalue weighted by Crippen LogP contribution is 2.20. The molecule has 3 nitrogen and oxygen atoms in total. The molecule has 0 amide bonds. The van der Waals surface area contributed by atoms with E-state index in [1.54, 1.807) is 12.1 Å². The van der Waals surface area contributed by atoms with Crippen LogP contribution in [0.4, 0.5) is 5.69 Å². The summed E-state index contributed by atoms with van der Waals surface area (Å²) in [6.07, 6.45) is 0.551. The lowest BCUT2D eigenvalue weighted by molar-refractivity contribution is 0.0932. The van der Waals surface area contributed by atoms with Gasteiger partial charge in [-0.3, -0.25) is 4.79 Å². The Morgan fingerprint density at radius 2 is 2.27 bits per heavy atom. The van der Waals surface area contributed by atoms with E-state index in [1.165, 1.54) is 0 Å². The van der Waals surface area contributed by atoms with Crippen LogP contribution < -0.4 is 11.1 Å². The van der Waals surface area contributed by atoms with Crippen molar-refractivity contribution < 1.29 is 4.79 Å². The molecule has 1 fully saturated rings. The maximum Gasteiger partial charge on any atom is 0.166 e. The molecule has 0 spiro atoms. The van der Waals surface area contributed by atoms with Crippen LogP contribution in [0.1, 0.15) is 23.7 Å². The number of anilines is 1. The fourth-order valence-corrected chi connectivity index (χ4v) is 1.85. The number of rotatable bonds is 3. The van der Waals surface area contributed by atoms with Gasteiger partial charge in [-0.05, 0) is 24.6 Å². The first-order valence-electron chi connectivity index (χ1n) is 5.29. The lowest BCUT2D eigenvalue weighted by atomic mass is 9.88. The highest BCUT2D eigenvalue weighted by molar-refractivity contribution is 6.01. The lowest BCUT2D eigenvalue weighted by Gasteiger charge is -2.35. The van der Waals surface area contributed by atoms with E-state index in [0.29, 0.717) is 29.6 Å². The van der Waals surface area contributed by atoms with Crippen LogP contribution in [0.5, 0.6) is 0 Å². The molecule has 1 saturated heterocycles. The van der Waals surface area contributed by atoms with E-state index in [4.69, 9.17) is 5.73 Å². The third-order valence-electron chi connectivity index (χ3n) is 3.06. The number of carbonyl (C=O) groups excluding carboxylic acids is 1. The number of hydrogen-bond donors (Lipinski definition) is 2. The third-order valence-corrected chi connectivity index (χ3v) is 3.06. The van der Waals surface area contributed by atoms with Gasteiger partial charge in [-0.1, -0.05) is 19.1 Å². The Balaban J connectivity index is 2.05. The molecule has 0 radical (unpaired) electrons. The Hall–Kier alpha value is -1.35. The van der Waals surface area contributed by atoms with Gasteiger partial charge >= 0.3 is 0 Å². The number of carbonyl (C=O) groups is 1. The first-order valence-corrected chi connectivity index (χ1v) is 5.29. The summed E-state index contributed by atoms with van der Waals surface area (Å²) in [5.41, 5.74) is 6.98.